The van der Waals surface area contributed by atoms with Crippen LogP contribution in [0, 0.1) is 19.3 Å². The maximum atomic E-state index is 13.8. The van der Waals surface area contributed by atoms with Gasteiger partial charge in [0.1, 0.15) is 24.0 Å². The van der Waals surface area contributed by atoms with Gasteiger partial charge in [-0.05, 0) is 12.5 Å². The van der Waals surface area contributed by atoms with E-state index in [9.17, 15) is 4.39 Å². The summed E-state index contributed by atoms with van der Waals surface area (Å²) in [5, 5.41) is 1.83. The molecular weight excluding hydrogens is 303 g/mol. The van der Waals surface area contributed by atoms with Gasteiger partial charge in [-0.1, -0.05) is 30.3 Å². The quantitative estimate of drug-likeness (QED) is 0.354. The average molecular weight is 317 g/mol. The highest BCUT2D eigenvalue weighted by Gasteiger charge is 2.21. The van der Waals surface area contributed by atoms with Crippen LogP contribution in [-0.2, 0) is 7.05 Å². The summed E-state index contributed by atoms with van der Waals surface area (Å²) in [6.07, 6.45) is 1.69. The molecule has 0 amide bonds. The topological polar surface area (TPSA) is 21.4 Å². The Balaban J connectivity index is 2.18. The summed E-state index contributed by atoms with van der Waals surface area (Å²) >= 11 is 0. The molecule has 2 aromatic heterocycles. The van der Waals surface area contributed by atoms with Crippen molar-refractivity contribution in [2.45, 2.75) is 6.92 Å². The highest BCUT2D eigenvalue weighted by molar-refractivity contribution is 6.12. The minimum absolute atomic E-state index is 0.294. The molecule has 0 fully saturated rings. The molecule has 0 unspecified atom stereocenters. The number of hydrogen-bond acceptors (Lipinski definition) is 1. The normalized spacial score (nSPS) is 11.1. The monoisotopic (exact) mass is 317 g/mol. The number of aromatic nitrogens is 1. The minimum atomic E-state index is -0.294. The molecule has 0 spiro atoms. The highest BCUT2D eigenvalue weighted by atomic mass is 19.1. The lowest BCUT2D eigenvalue weighted by atomic mass is 10.0. The maximum absolute atomic E-state index is 13.8. The molecule has 4 aromatic rings. The Morgan fingerprint density at radius 1 is 1.08 bits per heavy atom. The molecule has 0 atom stereocenters. The SMILES string of the molecule is [C-]#[N+]c1cccc2c1oc1c(-c3cc(F)cc[n+]3C)c(C)ccc12. The Hall–Kier alpha value is -3.19. The molecule has 2 heterocycles. The van der Waals surface area contributed by atoms with Crippen molar-refractivity contribution in [3.05, 3.63) is 71.5 Å². The summed E-state index contributed by atoms with van der Waals surface area (Å²) in [6, 6.07) is 12.5. The number of rotatable bonds is 1. The van der Waals surface area contributed by atoms with Crippen molar-refractivity contribution in [3.8, 4) is 11.3 Å². The lowest BCUT2D eigenvalue weighted by molar-refractivity contribution is -0.660. The molecule has 4 rings (SSSR count). The summed E-state index contributed by atoms with van der Waals surface area (Å²) in [7, 11) is 1.88. The number of furan rings is 1. The number of hydrogen-bond donors (Lipinski definition) is 0. The van der Waals surface area contributed by atoms with E-state index >= 15 is 0 Å². The molecule has 116 valence electrons. The molecule has 0 aliphatic rings. The second-order valence-electron chi connectivity index (χ2n) is 5.84. The predicted molar refractivity (Wildman–Crippen MR) is 91.3 cm³/mol. The second-order valence-corrected chi connectivity index (χ2v) is 5.84. The van der Waals surface area contributed by atoms with Gasteiger partial charge in [0.05, 0.1) is 12.1 Å². The second kappa shape index (κ2) is 5.17. The molecule has 4 heteroatoms. The number of benzene rings is 2. The number of para-hydroxylation sites is 1. The largest absolute Gasteiger partial charge is 0.466 e. The summed E-state index contributed by atoms with van der Waals surface area (Å²) in [6.45, 7) is 9.31. The van der Waals surface area contributed by atoms with Gasteiger partial charge in [0.25, 0.3) is 0 Å². The molecule has 0 aliphatic heterocycles. The number of fused-ring (bicyclic) bond motifs is 3. The predicted octanol–water partition coefficient (Wildman–Crippen LogP) is 5.08. The van der Waals surface area contributed by atoms with Gasteiger partial charge in [0, 0.05) is 22.9 Å². The Morgan fingerprint density at radius 3 is 2.67 bits per heavy atom. The minimum Gasteiger partial charge on any atom is -0.466 e. The van der Waals surface area contributed by atoms with Gasteiger partial charge >= 0.3 is 0 Å². The third kappa shape index (κ3) is 1.99. The fraction of sp³-hybridized carbons (Fsp3) is 0.100. The molecule has 0 saturated carbocycles. The van der Waals surface area contributed by atoms with Crippen LogP contribution in [0.15, 0.2) is 53.1 Å². The zero-order valence-corrected chi connectivity index (χ0v) is 13.3. The van der Waals surface area contributed by atoms with Crippen molar-refractivity contribution in [1.82, 2.24) is 0 Å². The van der Waals surface area contributed by atoms with Crippen LogP contribution < -0.4 is 4.57 Å². The van der Waals surface area contributed by atoms with Gasteiger partial charge in [-0.25, -0.2) is 13.8 Å². The van der Waals surface area contributed by atoms with Crippen molar-refractivity contribution in [2.24, 2.45) is 7.05 Å². The fourth-order valence-electron chi connectivity index (χ4n) is 3.14. The van der Waals surface area contributed by atoms with Crippen LogP contribution in [0.25, 0.3) is 38.0 Å². The average Bonchev–Trinajstić information content (AvgIpc) is 2.95. The molecule has 0 N–H and O–H groups in total. The van der Waals surface area contributed by atoms with Gasteiger partial charge in [-0.15, -0.1) is 0 Å². The standard InChI is InChI=1S/C20H14FN2O/c1-12-7-8-15-14-5-4-6-16(22-2)19(14)24-20(15)18(12)17-11-13(21)9-10-23(17)3/h4-11H,1,3H3/q+1. The molecule has 2 aromatic carbocycles. The molecular formula is C20H14FN2O+. The maximum Gasteiger partial charge on any atom is 0.229 e. The van der Waals surface area contributed by atoms with E-state index in [1.165, 1.54) is 12.1 Å². The number of halogens is 1. The number of aryl methyl sites for hydroxylation is 2. The Labute approximate surface area is 138 Å². The first-order valence-corrected chi connectivity index (χ1v) is 7.58. The van der Waals surface area contributed by atoms with Crippen molar-refractivity contribution in [3.63, 3.8) is 0 Å². The third-order valence-corrected chi connectivity index (χ3v) is 4.34. The van der Waals surface area contributed by atoms with Gasteiger partial charge in [-0.3, -0.25) is 0 Å². The lowest BCUT2D eigenvalue weighted by Crippen LogP contribution is -2.30. The summed E-state index contributed by atoms with van der Waals surface area (Å²) in [5.41, 5.74) is 4.32. The molecule has 3 nitrogen and oxygen atoms in total. The zero-order valence-electron chi connectivity index (χ0n) is 13.3. The Kier molecular flexibility index (Phi) is 3.10. The van der Waals surface area contributed by atoms with Crippen LogP contribution in [0.3, 0.4) is 0 Å². The van der Waals surface area contributed by atoms with Crippen molar-refractivity contribution in [1.29, 1.82) is 0 Å². The highest BCUT2D eigenvalue weighted by Crippen LogP contribution is 2.39. The Morgan fingerprint density at radius 2 is 1.88 bits per heavy atom. The van der Waals surface area contributed by atoms with Crippen molar-refractivity contribution >= 4 is 27.6 Å². The number of pyridine rings is 1. The van der Waals surface area contributed by atoms with E-state index in [0.29, 0.717) is 16.9 Å². The van der Waals surface area contributed by atoms with Crippen LogP contribution in [0.5, 0.6) is 0 Å². The molecule has 0 aliphatic carbocycles. The first kappa shape index (κ1) is 14.4. The van der Waals surface area contributed by atoms with Crippen LogP contribution in [-0.4, -0.2) is 0 Å². The van der Waals surface area contributed by atoms with E-state index in [0.717, 1.165) is 27.6 Å². The first-order chi connectivity index (χ1) is 11.6. The summed E-state index contributed by atoms with van der Waals surface area (Å²) in [5.74, 6) is -0.294. The van der Waals surface area contributed by atoms with Gasteiger partial charge in [0.15, 0.2) is 6.20 Å². The van der Waals surface area contributed by atoms with Gasteiger partial charge < -0.3 is 4.42 Å². The van der Waals surface area contributed by atoms with E-state index in [1.807, 2.05) is 42.8 Å². The van der Waals surface area contributed by atoms with Crippen molar-refractivity contribution < 1.29 is 13.4 Å². The van der Waals surface area contributed by atoms with Gasteiger partial charge in [0.2, 0.25) is 11.4 Å². The third-order valence-electron chi connectivity index (χ3n) is 4.34. The molecule has 0 saturated heterocycles. The van der Waals surface area contributed by atoms with Crippen LogP contribution in [0.4, 0.5) is 10.1 Å². The molecule has 24 heavy (non-hydrogen) atoms. The van der Waals surface area contributed by atoms with Gasteiger partial charge in [-0.2, -0.15) is 0 Å². The Bertz CT molecular complexity index is 1150. The smallest absolute Gasteiger partial charge is 0.229 e. The van der Waals surface area contributed by atoms with E-state index in [2.05, 4.69) is 4.85 Å². The summed E-state index contributed by atoms with van der Waals surface area (Å²) in [4.78, 5) is 3.54. The van der Waals surface area contributed by atoms with Crippen LogP contribution >= 0.6 is 0 Å². The van der Waals surface area contributed by atoms with E-state index < -0.39 is 0 Å². The zero-order chi connectivity index (χ0) is 16.8. The van der Waals surface area contributed by atoms with Crippen molar-refractivity contribution in [2.75, 3.05) is 0 Å². The number of nitrogens with zero attached hydrogens (tertiary/aromatic N) is 2. The van der Waals surface area contributed by atoms with E-state index in [1.54, 1.807) is 12.3 Å². The first-order valence-electron chi connectivity index (χ1n) is 7.58. The van der Waals surface area contributed by atoms with Crippen LogP contribution in [0.2, 0.25) is 0 Å². The summed E-state index contributed by atoms with van der Waals surface area (Å²) < 4.78 is 21.8. The van der Waals surface area contributed by atoms with E-state index in [4.69, 9.17) is 11.0 Å². The lowest BCUT2D eigenvalue weighted by Gasteiger charge is -2.05. The fourth-order valence-corrected chi connectivity index (χ4v) is 3.14. The molecule has 0 bridgehead atoms. The van der Waals surface area contributed by atoms with E-state index in [-0.39, 0.29) is 5.82 Å². The molecule has 0 radical (unpaired) electrons. The van der Waals surface area contributed by atoms with Crippen LogP contribution in [0.1, 0.15) is 5.56 Å².